The van der Waals surface area contributed by atoms with Gasteiger partial charge < -0.3 is 25.2 Å². The Morgan fingerprint density at radius 1 is 0.554 bits per heavy atom. The molecule has 0 bridgehead atoms. The number of hydrogen-bond donors (Lipinski definition) is 3. The summed E-state index contributed by atoms with van der Waals surface area (Å²) in [5.41, 5.74) is 5.33. The average molecular weight is 816 g/mol. The molecule has 0 aliphatic heterocycles. The number of phosphoric ester groups is 1. The maximum absolute atomic E-state index is 12.6. The van der Waals surface area contributed by atoms with Gasteiger partial charge in [-0.05, 0) is 44.9 Å². The third-order valence-electron chi connectivity index (χ3n) is 9.70. The first-order chi connectivity index (χ1) is 27.1. The van der Waals surface area contributed by atoms with Gasteiger partial charge in [-0.25, -0.2) is 4.57 Å². The van der Waals surface area contributed by atoms with E-state index in [2.05, 4.69) is 42.7 Å². The number of ether oxygens (including phenoxy) is 2. The lowest BCUT2D eigenvalue weighted by molar-refractivity contribution is -0.161. The monoisotopic (exact) mass is 816 g/mol. The molecule has 0 fully saturated rings. The second-order valence-electron chi connectivity index (χ2n) is 15.2. The number of hydrogen-bond acceptors (Lipinski definition) is 9. The van der Waals surface area contributed by atoms with Gasteiger partial charge in [0.1, 0.15) is 12.6 Å². The van der Waals surface area contributed by atoms with E-state index in [1.807, 2.05) is 0 Å². The van der Waals surface area contributed by atoms with Gasteiger partial charge in [-0.15, -0.1) is 0 Å². The lowest BCUT2D eigenvalue weighted by Gasteiger charge is -2.20. The van der Waals surface area contributed by atoms with Gasteiger partial charge in [0.05, 0.1) is 13.2 Å². The number of rotatable bonds is 42. The van der Waals surface area contributed by atoms with Crippen LogP contribution in [-0.4, -0.2) is 59.9 Å². The number of esters is 2. The van der Waals surface area contributed by atoms with Gasteiger partial charge >= 0.3 is 25.7 Å². The van der Waals surface area contributed by atoms with Crippen LogP contribution in [0.15, 0.2) is 24.3 Å². The molecule has 0 amide bonds. The molecule has 11 nitrogen and oxygen atoms in total. The Morgan fingerprint density at radius 3 is 1.43 bits per heavy atom. The van der Waals surface area contributed by atoms with Crippen LogP contribution >= 0.6 is 7.82 Å². The molecule has 0 aromatic carbocycles. The van der Waals surface area contributed by atoms with Gasteiger partial charge in [-0.1, -0.05) is 173 Å². The summed E-state index contributed by atoms with van der Waals surface area (Å²) in [5.74, 6) is -2.41. The summed E-state index contributed by atoms with van der Waals surface area (Å²) in [6.07, 6.45) is 41.0. The molecule has 328 valence electrons. The minimum atomic E-state index is -4.72. The van der Waals surface area contributed by atoms with Crippen molar-refractivity contribution in [3.05, 3.63) is 24.3 Å². The molecule has 0 aromatic rings. The van der Waals surface area contributed by atoms with Crippen LogP contribution in [-0.2, 0) is 37.5 Å². The van der Waals surface area contributed by atoms with Gasteiger partial charge in [0.25, 0.3) is 0 Å². The summed E-state index contributed by atoms with van der Waals surface area (Å²) in [4.78, 5) is 45.9. The number of carbonyl (C=O) groups excluding carboxylic acids is 2. The molecule has 56 heavy (non-hydrogen) atoms. The molecule has 0 aliphatic carbocycles. The van der Waals surface area contributed by atoms with Crippen molar-refractivity contribution < 1.29 is 47.5 Å². The standard InChI is InChI=1S/C44H82NO10P/c1-3-5-7-9-11-13-15-17-19-20-22-24-26-28-30-32-34-36-43(47)55-40(38-53-56(50,51)54-39-41(45)44(48)49)37-52-42(46)35-33-31-29-27-25-23-21-18-16-14-12-10-8-6-4-2/h18,21,25,27,40-41H,3-17,19-20,22-24,26,28-39,45H2,1-2H3,(H,48,49)(H,50,51)/b21-18+,27-25+/t40-,41+/m1/s1. The van der Waals surface area contributed by atoms with Crippen molar-refractivity contribution in [1.82, 2.24) is 0 Å². The highest BCUT2D eigenvalue weighted by Crippen LogP contribution is 2.43. The van der Waals surface area contributed by atoms with Crippen molar-refractivity contribution in [3.63, 3.8) is 0 Å². The highest BCUT2D eigenvalue weighted by atomic mass is 31.2. The molecular formula is C44H82NO10P. The number of carboxylic acid groups (broad SMARTS) is 1. The number of carboxylic acids is 1. The molecule has 0 aromatic heterocycles. The fraction of sp³-hybridized carbons (Fsp3) is 0.841. The first-order valence-corrected chi connectivity index (χ1v) is 23.9. The molecule has 3 atom stereocenters. The largest absolute Gasteiger partial charge is 0.480 e. The minimum Gasteiger partial charge on any atom is -0.480 e. The van der Waals surface area contributed by atoms with Crippen LogP contribution in [0.3, 0.4) is 0 Å². The van der Waals surface area contributed by atoms with E-state index in [-0.39, 0.29) is 19.4 Å². The lowest BCUT2D eigenvalue weighted by atomic mass is 10.0. The van der Waals surface area contributed by atoms with Crippen LogP contribution in [0.4, 0.5) is 0 Å². The summed E-state index contributed by atoms with van der Waals surface area (Å²) in [6, 6.07) is -1.52. The predicted molar refractivity (Wildman–Crippen MR) is 226 cm³/mol. The molecule has 12 heteroatoms. The van der Waals surface area contributed by atoms with E-state index in [0.29, 0.717) is 12.8 Å². The quantitative estimate of drug-likeness (QED) is 0.0232. The van der Waals surface area contributed by atoms with Crippen molar-refractivity contribution in [3.8, 4) is 0 Å². The summed E-state index contributed by atoms with van der Waals surface area (Å²) >= 11 is 0. The van der Waals surface area contributed by atoms with Crippen molar-refractivity contribution >= 4 is 25.7 Å². The zero-order valence-corrected chi connectivity index (χ0v) is 36.4. The third kappa shape index (κ3) is 38.8. The average Bonchev–Trinajstić information content (AvgIpc) is 3.17. The SMILES string of the molecule is CCCCCCCC/C=C/C/C=C/CCCCC(=O)OC[C@H](COP(=O)(O)OC[C@H](N)C(=O)O)OC(=O)CCCCCCCCCCCCCCCCCCC. The molecule has 0 heterocycles. The van der Waals surface area contributed by atoms with Crippen LogP contribution in [0.2, 0.25) is 0 Å². The Balaban J connectivity index is 4.37. The molecule has 0 aliphatic rings. The minimum absolute atomic E-state index is 0.159. The lowest BCUT2D eigenvalue weighted by Crippen LogP contribution is -2.34. The highest BCUT2D eigenvalue weighted by molar-refractivity contribution is 7.47. The molecule has 0 saturated heterocycles. The van der Waals surface area contributed by atoms with Crippen LogP contribution in [0.1, 0.15) is 206 Å². The smallest absolute Gasteiger partial charge is 0.472 e. The van der Waals surface area contributed by atoms with E-state index in [1.54, 1.807) is 0 Å². The van der Waals surface area contributed by atoms with Crippen molar-refractivity contribution in [2.45, 2.75) is 219 Å². The number of carbonyl (C=O) groups is 3. The summed E-state index contributed by atoms with van der Waals surface area (Å²) < 4.78 is 32.7. The van der Waals surface area contributed by atoms with Crippen LogP contribution in [0, 0.1) is 0 Å². The van der Waals surface area contributed by atoms with E-state index in [1.165, 1.54) is 122 Å². The van der Waals surface area contributed by atoms with E-state index in [9.17, 15) is 23.8 Å². The fourth-order valence-corrected chi connectivity index (χ4v) is 6.93. The Labute approximate surface area is 340 Å². The van der Waals surface area contributed by atoms with E-state index in [0.717, 1.165) is 44.9 Å². The molecule has 0 rings (SSSR count). The van der Waals surface area contributed by atoms with Gasteiger partial charge in [-0.2, -0.15) is 0 Å². The summed E-state index contributed by atoms with van der Waals surface area (Å²) in [5, 5.41) is 8.89. The molecule has 0 spiro atoms. The second kappa shape index (κ2) is 39.8. The zero-order chi connectivity index (χ0) is 41.4. The topological polar surface area (TPSA) is 172 Å². The number of phosphoric acid groups is 1. The van der Waals surface area contributed by atoms with Gasteiger partial charge in [-0.3, -0.25) is 23.4 Å². The number of aliphatic carboxylic acids is 1. The zero-order valence-electron chi connectivity index (χ0n) is 35.5. The Hall–Kier alpha value is -2.04. The normalized spacial score (nSPS) is 13.9. The first-order valence-electron chi connectivity index (χ1n) is 22.4. The molecule has 4 N–H and O–H groups in total. The maximum Gasteiger partial charge on any atom is 0.472 e. The maximum atomic E-state index is 12.6. The number of nitrogens with two attached hydrogens (primary N) is 1. The summed E-state index contributed by atoms with van der Waals surface area (Å²) in [7, 11) is -4.72. The van der Waals surface area contributed by atoms with Crippen LogP contribution < -0.4 is 5.73 Å². The van der Waals surface area contributed by atoms with Crippen molar-refractivity contribution in [2.24, 2.45) is 5.73 Å². The highest BCUT2D eigenvalue weighted by Gasteiger charge is 2.28. The molecular weight excluding hydrogens is 733 g/mol. The molecule has 0 radical (unpaired) electrons. The van der Waals surface area contributed by atoms with Gasteiger partial charge in [0, 0.05) is 12.8 Å². The third-order valence-corrected chi connectivity index (χ3v) is 10.7. The van der Waals surface area contributed by atoms with Crippen molar-refractivity contribution in [1.29, 1.82) is 0 Å². The second-order valence-corrected chi connectivity index (χ2v) is 16.6. The number of allylic oxidation sites excluding steroid dienone is 4. The molecule has 0 saturated carbocycles. The summed E-state index contributed by atoms with van der Waals surface area (Å²) in [6.45, 7) is 2.78. The van der Waals surface area contributed by atoms with Gasteiger partial charge in [0.15, 0.2) is 6.10 Å². The Bertz CT molecular complexity index is 1050. The predicted octanol–water partition coefficient (Wildman–Crippen LogP) is 11.8. The first kappa shape index (κ1) is 54.0. The van der Waals surface area contributed by atoms with Crippen LogP contribution in [0.5, 0.6) is 0 Å². The van der Waals surface area contributed by atoms with E-state index < -0.39 is 51.1 Å². The Kier molecular flexibility index (Phi) is 38.3. The Morgan fingerprint density at radius 2 is 0.946 bits per heavy atom. The van der Waals surface area contributed by atoms with Gasteiger partial charge in [0.2, 0.25) is 0 Å². The molecule has 1 unspecified atom stereocenters. The van der Waals surface area contributed by atoms with E-state index >= 15 is 0 Å². The van der Waals surface area contributed by atoms with E-state index in [4.69, 9.17) is 24.8 Å². The van der Waals surface area contributed by atoms with Crippen molar-refractivity contribution in [2.75, 3.05) is 19.8 Å². The number of unbranched alkanes of at least 4 members (excludes halogenated alkanes) is 24. The van der Waals surface area contributed by atoms with Crippen LogP contribution in [0.25, 0.3) is 0 Å². The fourth-order valence-electron chi connectivity index (χ4n) is 6.15.